The molecule has 0 saturated carbocycles. The zero-order chi connectivity index (χ0) is 13.4. The van der Waals surface area contributed by atoms with Crippen LogP contribution in [-0.2, 0) is 9.84 Å². The SMILES string of the molecule is CCCCS(=O)(=O)CCOc1ccccc1C#N. The van der Waals surface area contributed by atoms with Crippen molar-refractivity contribution in [2.45, 2.75) is 19.8 Å². The standard InChI is InChI=1S/C13H17NO3S/c1-2-3-9-18(15,16)10-8-17-13-7-5-4-6-12(13)11-14/h4-7H,2-3,8-10H2,1H3. The van der Waals surface area contributed by atoms with Gasteiger partial charge in [0.2, 0.25) is 0 Å². The summed E-state index contributed by atoms with van der Waals surface area (Å²) in [5, 5.41) is 8.85. The lowest BCUT2D eigenvalue weighted by Gasteiger charge is -2.08. The first kappa shape index (κ1) is 14.5. The van der Waals surface area contributed by atoms with Crippen molar-refractivity contribution in [2.75, 3.05) is 18.1 Å². The van der Waals surface area contributed by atoms with Gasteiger partial charge in [0.1, 0.15) is 18.4 Å². The molecule has 18 heavy (non-hydrogen) atoms. The Bertz CT molecular complexity index is 517. The van der Waals surface area contributed by atoms with Crippen LogP contribution >= 0.6 is 0 Å². The van der Waals surface area contributed by atoms with Gasteiger partial charge in [-0.3, -0.25) is 0 Å². The average Bonchev–Trinajstić information content (AvgIpc) is 2.37. The molecule has 0 amide bonds. The molecule has 0 aliphatic carbocycles. The lowest BCUT2D eigenvalue weighted by atomic mass is 10.2. The van der Waals surface area contributed by atoms with E-state index in [1.165, 1.54) is 0 Å². The minimum Gasteiger partial charge on any atom is -0.491 e. The minimum absolute atomic E-state index is 0.00718. The number of nitrogens with zero attached hydrogens (tertiary/aromatic N) is 1. The van der Waals surface area contributed by atoms with E-state index in [1.54, 1.807) is 24.3 Å². The predicted octanol–water partition coefficient (Wildman–Crippen LogP) is 2.15. The van der Waals surface area contributed by atoms with Crippen LogP contribution in [0, 0.1) is 11.3 Å². The number of nitriles is 1. The van der Waals surface area contributed by atoms with E-state index >= 15 is 0 Å². The second-order valence-corrected chi connectivity index (χ2v) is 6.27. The summed E-state index contributed by atoms with van der Waals surface area (Å²) in [5.74, 6) is 0.630. The fourth-order valence-electron chi connectivity index (χ4n) is 1.43. The maximum atomic E-state index is 11.6. The average molecular weight is 267 g/mol. The van der Waals surface area contributed by atoms with Gasteiger partial charge in [-0.15, -0.1) is 0 Å². The molecular weight excluding hydrogens is 250 g/mol. The van der Waals surface area contributed by atoms with Crippen LogP contribution in [0.15, 0.2) is 24.3 Å². The van der Waals surface area contributed by atoms with E-state index < -0.39 is 9.84 Å². The smallest absolute Gasteiger partial charge is 0.153 e. The molecule has 98 valence electrons. The number of unbranched alkanes of at least 4 members (excludes halogenated alkanes) is 1. The van der Waals surface area contributed by atoms with Crippen molar-refractivity contribution in [2.24, 2.45) is 0 Å². The summed E-state index contributed by atoms with van der Waals surface area (Å²) < 4.78 is 28.5. The van der Waals surface area contributed by atoms with Crippen molar-refractivity contribution in [3.8, 4) is 11.8 Å². The number of para-hydroxylation sites is 1. The van der Waals surface area contributed by atoms with Gasteiger partial charge in [-0.2, -0.15) is 5.26 Å². The first-order valence-corrected chi connectivity index (χ1v) is 7.73. The predicted molar refractivity (Wildman–Crippen MR) is 70.2 cm³/mol. The van der Waals surface area contributed by atoms with Crippen LogP contribution in [-0.4, -0.2) is 26.5 Å². The second kappa shape index (κ2) is 7.02. The first-order chi connectivity index (χ1) is 8.59. The number of hydrogen-bond donors (Lipinski definition) is 0. The summed E-state index contributed by atoms with van der Waals surface area (Å²) in [6.45, 7) is 2.04. The highest BCUT2D eigenvalue weighted by Gasteiger charge is 2.10. The Labute approximate surface area is 108 Å². The van der Waals surface area contributed by atoms with Gasteiger partial charge in [0.15, 0.2) is 9.84 Å². The summed E-state index contributed by atoms with van der Waals surface area (Å²) in [4.78, 5) is 0. The van der Waals surface area contributed by atoms with Crippen LogP contribution < -0.4 is 4.74 Å². The quantitative estimate of drug-likeness (QED) is 0.759. The molecule has 1 aromatic carbocycles. The Morgan fingerprint density at radius 2 is 2.00 bits per heavy atom. The third-order valence-electron chi connectivity index (χ3n) is 2.47. The summed E-state index contributed by atoms with van der Waals surface area (Å²) in [7, 11) is -3.04. The van der Waals surface area contributed by atoms with Gasteiger partial charge in [0, 0.05) is 0 Å². The van der Waals surface area contributed by atoms with Gasteiger partial charge in [-0.25, -0.2) is 8.42 Å². The van der Waals surface area contributed by atoms with Crippen LogP contribution in [0.1, 0.15) is 25.3 Å². The van der Waals surface area contributed by atoms with Crippen molar-refractivity contribution < 1.29 is 13.2 Å². The maximum absolute atomic E-state index is 11.6. The normalized spacial score (nSPS) is 10.9. The Kier molecular flexibility index (Phi) is 5.66. The van der Waals surface area contributed by atoms with E-state index in [2.05, 4.69) is 0 Å². The molecule has 0 unspecified atom stereocenters. The summed E-state index contributed by atoms with van der Waals surface area (Å²) in [6.07, 6.45) is 1.54. The van der Waals surface area contributed by atoms with Crippen molar-refractivity contribution in [3.63, 3.8) is 0 Å². The van der Waals surface area contributed by atoms with Crippen LogP contribution in [0.3, 0.4) is 0 Å². The van der Waals surface area contributed by atoms with Gasteiger partial charge in [-0.1, -0.05) is 25.5 Å². The van der Waals surface area contributed by atoms with E-state index in [4.69, 9.17) is 10.00 Å². The molecule has 1 aromatic rings. The number of sulfone groups is 1. The molecule has 0 aromatic heterocycles. The van der Waals surface area contributed by atoms with Gasteiger partial charge in [0.25, 0.3) is 0 Å². The lowest BCUT2D eigenvalue weighted by molar-refractivity contribution is 0.340. The number of ether oxygens (including phenoxy) is 1. The molecule has 0 N–H and O–H groups in total. The molecule has 0 radical (unpaired) electrons. The fourth-order valence-corrected chi connectivity index (χ4v) is 2.70. The van der Waals surface area contributed by atoms with E-state index in [0.717, 1.165) is 6.42 Å². The largest absolute Gasteiger partial charge is 0.491 e. The molecule has 4 nitrogen and oxygen atoms in total. The third kappa shape index (κ3) is 4.76. The molecule has 0 atom stereocenters. The van der Waals surface area contributed by atoms with E-state index in [-0.39, 0.29) is 18.1 Å². The first-order valence-electron chi connectivity index (χ1n) is 5.91. The molecular formula is C13H17NO3S. The monoisotopic (exact) mass is 267 g/mol. The summed E-state index contributed by atoms with van der Waals surface area (Å²) in [5.41, 5.74) is 0.420. The number of rotatable bonds is 7. The second-order valence-electron chi connectivity index (χ2n) is 3.96. The molecule has 0 heterocycles. The molecule has 0 bridgehead atoms. The van der Waals surface area contributed by atoms with Gasteiger partial charge < -0.3 is 4.74 Å². The Hall–Kier alpha value is -1.54. The van der Waals surface area contributed by atoms with Gasteiger partial charge >= 0.3 is 0 Å². The van der Waals surface area contributed by atoms with Crippen molar-refractivity contribution in [1.29, 1.82) is 5.26 Å². The zero-order valence-corrected chi connectivity index (χ0v) is 11.2. The summed E-state index contributed by atoms with van der Waals surface area (Å²) >= 11 is 0. The van der Waals surface area contributed by atoms with Crippen molar-refractivity contribution in [3.05, 3.63) is 29.8 Å². The minimum atomic E-state index is -3.04. The van der Waals surface area contributed by atoms with Gasteiger partial charge in [-0.05, 0) is 18.6 Å². The van der Waals surface area contributed by atoms with Gasteiger partial charge in [0.05, 0.1) is 17.1 Å². The maximum Gasteiger partial charge on any atom is 0.153 e. The van der Waals surface area contributed by atoms with Crippen LogP contribution in [0.5, 0.6) is 5.75 Å². The van der Waals surface area contributed by atoms with Crippen LogP contribution in [0.25, 0.3) is 0 Å². The number of hydrogen-bond acceptors (Lipinski definition) is 4. The van der Waals surface area contributed by atoms with E-state index in [1.807, 2.05) is 13.0 Å². The zero-order valence-electron chi connectivity index (χ0n) is 10.4. The van der Waals surface area contributed by atoms with Crippen LogP contribution in [0.2, 0.25) is 0 Å². The third-order valence-corrected chi connectivity index (χ3v) is 4.17. The Morgan fingerprint density at radius 1 is 1.28 bits per heavy atom. The molecule has 0 fully saturated rings. The number of benzene rings is 1. The summed E-state index contributed by atoms with van der Waals surface area (Å²) in [6, 6.07) is 8.80. The molecule has 0 aliphatic rings. The molecule has 0 spiro atoms. The fraction of sp³-hybridized carbons (Fsp3) is 0.462. The van der Waals surface area contributed by atoms with Crippen LogP contribution in [0.4, 0.5) is 0 Å². The lowest BCUT2D eigenvalue weighted by Crippen LogP contribution is -2.17. The topological polar surface area (TPSA) is 67.2 Å². The Morgan fingerprint density at radius 3 is 2.67 bits per heavy atom. The molecule has 0 aliphatic heterocycles. The molecule has 5 heteroatoms. The highest BCUT2D eigenvalue weighted by atomic mass is 32.2. The van der Waals surface area contributed by atoms with E-state index in [0.29, 0.717) is 17.7 Å². The van der Waals surface area contributed by atoms with E-state index in [9.17, 15) is 8.42 Å². The van der Waals surface area contributed by atoms with Crippen molar-refractivity contribution in [1.82, 2.24) is 0 Å². The highest BCUT2D eigenvalue weighted by molar-refractivity contribution is 7.91. The molecule has 0 saturated heterocycles. The highest BCUT2D eigenvalue weighted by Crippen LogP contribution is 2.16. The Balaban J connectivity index is 2.49. The van der Waals surface area contributed by atoms with Crippen molar-refractivity contribution >= 4 is 9.84 Å². The molecule has 1 rings (SSSR count).